The molecule has 0 heterocycles. The van der Waals surface area contributed by atoms with E-state index in [4.69, 9.17) is 10.5 Å². The van der Waals surface area contributed by atoms with Gasteiger partial charge in [0.15, 0.2) is 0 Å². The van der Waals surface area contributed by atoms with Gasteiger partial charge in [-0.1, -0.05) is 25.1 Å². The first-order chi connectivity index (χ1) is 16.9. The van der Waals surface area contributed by atoms with Crippen molar-refractivity contribution in [3.8, 4) is 0 Å². The van der Waals surface area contributed by atoms with E-state index in [9.17, 15) is 19.2 Å². The lowest BCUT2D eigenvalue weighted by molar-refractivity contribution is -0.144. The van der Waals surface area contributed by atoms with Crippen molar-refractivity contribution in [3.63, 3.8) is 0 Å². The van der Waals surface area contributed by atoms with Gasteiger partial charge in [0.05, 0.1) is 0 Å². The third kappa shape index (κ3) is 8.76. The van der Waals surface area contributed by atoms with Crippen molar-refractivity contribution >= 4 is 23.8 Å². The van der Waals surface area contributed by atoms with E-state index in [-0.39, 0.29) is 30.7 Å². The van der Waals surface area contributed by atoms with Crippen LogP contribution in [0.1, 0.15) is 90.5 Å². The Kier molecular flexibility index (Phi) is 9.38. The maximum Gasteiger partial charge on any atom is 0.408 e. The summed E-state index contributed by atoms with van der Waals surface area (Å²) in [4.78, 5) is 53.9. The Labute approximate surface area is 220 Å². The van der Waals surface area contributed by atoms with Crippen LogP contribution >= 0.6 is 0 Å². The highest BCUT2D eigenvalue weighted by molar-refractivity contribution is 5.93. The predicted molar refractivity (Wildman–Crippen MR) is 143 cm³/mol. The molecule has 4 unspecified atom stereocenters. The number of nitrogens with one attached hydrogen (secondary N) is 2. The SMILES string of the molecule is Cc1cccc(C)c1C(C(=O)NC(C)(C)C)N(C(=O)C(CCC(N)=O)NC(=O)OC(C)(C)C)C1CC1C. The number of amides is 4. The molecular formula is C28H44N4O5. The molecule has 9 heteroatoms. The van der Waals surface area contributed by atoms with Crippen molar-refractivity contribution in [3.05, 3.63) is 34.9 Å². The highest BCUT2D eigenvalue weighted by atomic mass is 16.6. The zero-order chi connectivity index (χ0) is 28.3. The van der Waals surface area contributed by atoms with Crippen molar-refractivity contribution in [2.75, 3.05) is 0 Å². The van der Waals surface area contributed by atoms with Gasteiger partial charge in [-0.2, -0.15) is 0 Å². The lowest BCUT2D eigenvalue weighted by Crippen LogP contribution is -2.56. The number of primary amides is 1. The van der Waals surface area contributed by atoms with Crippen LogP contribution in [0.25, 0.3) is 0 Å². The van der Waals surface area contributed by atoms with Gasteiger partial charge in [-0.05, 0) is 90.8 Å². The smallest absolute Gasteiger partial charge is 0.408 e. The molecule has 0 bridgehead atoms. The molecule has 1 aromatic rings. The van der Waals surface area contributed by atoms with E-state index in [0.717, 1.165) is 23.1 Å². The van der Waals surface area contributed by atoms with Crippen LogP contribution in [0.2, 0.25) is 0 Å². The van der Waals surface area contributed by atoms with Crippen molar-refractivity contribution in [2.45, 2.75) is 111 Å². The number of hydrogen-bond donors (Lipinski definition) is 3. The van der Waals surface area contributed by atoms with Crippen LogP contribution in [0, 0.1) is 19.8 Å². The zero-order valence-corrected chi connectivity index (χ0v) is 23.7. The minimum absolute atomic E-state index is 0.00856. The standard InChI is InChI=1S/C28H44N4O5/c1-16-11-10-12-17(2)22(16)23(24(34)31-27(4,5)6)32(20-15-18(20)3)25(35)19(13-14-21(29)33)30-26(36)37-28(7,8)9/h10-12,18-20,23H,13-15H2,1-9H3,(H2,29,33)(H,30,36)(H,31,34). The lowest BCUT2D eigenvalue weighted by Gasteiger charge is -2.37. The second-order valence-corrected chi connectivity index (χ2v) is 12.2. The predicted octanol–water partition coefficient (Wildman–Crippen LogP) is 3.66. The Morgan fingerprint density at radius 2 is 1.62 bits per heavy atom. The molecule has 0 aliphatic heterocycles. The normalized spacial score (nSPS) is 18.8. The first-order valence-electron chi connectivity index (χ1n) is 12.9. The summed E-state index contributed by atoms with van der Waals surface area (Å²) in [5.74, 6) is -1.16. The van der Waals surface area contributed by atoms with E-state index in [1.54, 1.807) is 25.7 Å². The van der Waals surface area contributed by atoms with Crippen LogP contribution in [-0.4, -0.2) is 51.9 Å². The lowest BCUT2D eigenvalue weighted by atomic mass is 9.92. The number of hydrogen-bond acceptors (Lipinski definition) is 5. The van der Waals surface area contributed by atoms with Crippen LogP contribution in [-0.2, 0) is 19.1 Å². The Morgan fingerprint density at radius 1 is 1.08 bits per heavy atom. The molecule has 0 spiro atoms. The van der Waals surface area contributed by atoms with E-state index < -0.39 is 41.1 Å². The topological polar surface area (TPSA) is 131 Å². The maximum absolute atomic E-state index is 14.2. The molecule has 4 atom stereocenters. The first-order valence-corrected chi connectivity index (χ1v) is 12.9. The van der Waals surface area contributed by atoms with Crippen molar-refractivity contribution in [2.24, 2.45) is 11.7 Å². The number of ether oxygens (including phenoxy) is 1. The molecule has 1 saturated carbocycles. The van der Waals surface area contributed by atoms with Crippen LogP contribution in [0.3, 0.4) is 0 Å². The molecule has 1 fully saturated rings. The molecule has 0 aromatic heterocycles. The van der Waals surface area contributed by atoms with E-state index >= 15 is 0 Å². The number of aryl methyl sites for hydroxylation is 2. The quantitative estimate of drug-likeness (QED) is 0.461. The Morgan fingerprint density at radius 3 is 2.05 bits per heavy atom. The van der Waals surface area contributed by atoms with Gasteiger partial charge in [0.1, 0.15) is 17.7 Å². The van der Waals surface area contributed by atoms with Crippen LogP contribution in [0.5, 0.6) is 0 Å². The average molecular weight is 517 g/mol. The van der Waals surface area contributed by atoms with Gasteiger partial charge >= 0.3 is 6.09 Å². The maximum atomic E-state index is 14.2. The molecule has 4 amide bonds. The molecule has 0 saturated heterocycles. The number of carbonyl (C=O) groups is 4. The number of nitrogens with two attached hydrogens (primary N) is 1. The second kappa shape index (κ2) is 11.5. The molecule has 0 radical (unpaired) electrons. The zero-order valence-electron chi connectivity index (χ0n) is 23.7. The van der Waals surface area contributed by atoms with Gasteiger partial charge in [-0.15, -0.1) is 0 Å². The number of nitrogens with zero attached hydrogens (tertiary/aromatic N) is 1. The summed E-state index contributed by atoms with van der Waals surface area (Å²) in [5, 5.41) is 5.68. The fourth-order valence-corrected chi connectivity index (χ4v) is 4.44. The molecule has 2 rings (SSSR count). The minimum Gasteiger partial charge on any atom is -0.444 e. The van der Waals surface area contributed by atoms with E-state index in [2.05, 4.69) is 10.6 Å². The van der Waals surface area contributed by atoms with Gasteiger partial charge in [-0.25, -0.2) is 4.79 Å². The van der Waals surface area contributed by atoms with Gasteiger partial charge in [0, 0.05) is 18.0 Å². The molecule has 9 nitrogen and oxygen atoms in total. The monoisotopic (exact) mass is 516 g/mol. The Bertz CT molecular complexity index is 1000. The summed E-state index contributed by atoms with van der Waals surface area (Å²) < 4.78 is 5.38. The highest BCUT2D eigenvalue weighted by Gasteiger charge is 2.49. The van der Waals surface area contributed by atoms with E-state index in [1.807, 2.05) is 59.7 Å². The highest BCUT2D eigenvalue weighted by Crippen LogP contribution is 2.42. The van der Waals surface area contributed by atoms with E-state index in [1.165, 1.54) is 0 Å². The third-order valence-corrected chi connectivity index (χ3v) is 6.19. The largest absolute Gasteiger partial charge is 0.444 e. The van der Waals surface area contributed by atoms with Crippen molar-refractivity contribution in [1.82, 2.24) is 15.5 Å². The van der Waals surface area contributed by atoms with Crippen LogP contribution in [0.4, 0.5) is 4.79 Å². The summed E-state index contributed by atoms with van der Waals surface area (Å²) >= 11 is 0. The number of carbonyl (C=O) groups excluding carboxylic acids is 4. The first kappa shape index (κ1) is 30.1. The summed E-state index contributed by atoms with van der Waals surface area (Å²) in [6, 6.07) is 3.55. The minimum atomic E-state index is -1.09. The fraction of sp³-hybridized carbons (Fsp3) is 0.643. The van der Waals surface area contributed by atoms with Crippen LogP contribution < -0.4 is 16.4 Å². The molecule has 1 aliphatic rings. The summed E-state index contributed by atoms with van der Waals surface area (Å²) in [6.07, 6.45) is -0.166. The molecule has 37 heavy (non-hydrogen) atoms. The van der Waals surface area contributed by atoms with Crippen molar-refractivity contribution < 1.29 is 23.9 Å². The number of rotatable bonds is 9. The summed E-state index contributed by atoms with van der Waals surface area (Å²) in [7, 11) is 0. The fourth-order valence-electron chi connectivity index (χ4n) is 4.44. The van der Waals surface area contributed by atoms with Crippen molar-refractivity contribution in [1.29, 1.82) is 0 Å². The molecule has 1 aliphatic carbocycles. The van der Waals surface area contributed by atoms with Gasteiger partial charge in [0.25, 0.3) is 0 Å². The summed E-state index contributed by atoms with van der Waals surface area (Å²) in [6.45, 7) is 16.7. The van der Waals surface area contributed by atoms with Gasteiger partial charge < -0.3 is 26.0 Å². The average Bonchev–Trinajstić information content (AvgIpc) is 3.42. The molecule has 4 N–H and O–H groups in total. The third-order valence-electron chi connectivity index (χ3n) is 6.19. The van der Waals surface area contributed by atoms with Crippen LogP contribution in [0.15, 0.2) is 18.2 Å². The number of alkyl carbamates (subject to hydrolysis) is 1. The second-order valence-electron chi connectivity index (χ2n) is 12.2. The molecule has 206 valence electrons. The Balaban J connectivity index is 2.59. The molecular weight excluding hydrogens is 472 g/mol. The number of benzene rings is 1. The van der Waals surface area contributed by atoms with Gasteiger partial charge in [0.2, 0.25) is 17.7 Å². The van der Waals surface area contributed by atoms with E-state index in [0.29, 0.717) is 0 Å². The summed E-state index contributed by atoms with van der Waals surface area (Å²) in [5.41, 5.74) is 6.59. The Hall–Kier alpha value is -3.10. The van der Waals surface area contributed by atoms with Gasteiger partial charge in [-0.3, -0.25) is 14.4 Å². The molecule has 1 aromatic carbocycles.